The van der Waals surface area contributed by atoms with E-state index in [2.05, 4.69) is 9.97 Å². The van der Waals surface area contributed by atoms with Crippen LogP contribution in [0.3, 0.4) is 0 Å². The maximum Gasteiger partial charge on any atom is 0.253 e. The molecule has 1 N–H and O–H groups in total. The summed E-state index contributed by atoms with van der Waals surface area (Å²) in [5.74, 6) is -0.688. The number of nitrogens with zero attached hydrogens (tertiary/aromatic N) is 3. The second kappa shape index (κ2) is 7.35. The van der Waals surface area contributed by atoms with Gasteiger partial charge in [-0.05, 0) is 31.0 Å². The fraction of sp³-hybridized carbons (Fsp3) is 0.450. The van der Waals surface area contributed by atoms with Crippen molar-refractivity contribution in [2.45, 2.75) is 24.8 Å². The molecule has 1 aromatic heterocycles. The highest BCUT2D eigenvalue weighted by Gasteiger charge is 2.49. The van der Waals surface area contributed by atoms with E-state index in [1.54, 1.807) is 17.3 Å². The fourth-order valence-electron chi connectivity index (χ4n) is 4.43. The summed E-state index contributed by atoms with van der Waals surface area (Å²) in [4.78, 5) is 36.8. The molecule has 7 nitrogen and oxygen atoms in total. The Morgan fingerprint density at radius 3 is 2.79 bits per heavy atom. The van der Waals surface area contributed by atoms with Gasteiger partial charge in [-0.2, -0.15) is 0 Å². The van der Waals surface area contributed by atoms with E-state index < -0.39 is 11.4 Å². The molecule has 4 rings (SSSR count). The Hall–Kier alpha value is -2.74. The number of likely N-dealkylation sites (tertiary alicyclic amines) is 1. The zero-order chi connectivity index (χ0) is 19.7. The van der Waals surface area contributed by atoms with Crippen molar-refractivity contribution in [1.82, 2.24) is 19.8 Å². The number of rotatable bonds is 3. The third-order valence-corrected chi connectivity index (χ3v) is 5.78. The summed E-state index contributed by atoms with van der Waals surface area (Å²) in [5.41, 5.74) is 1.74. The first-order valence-electron chi connectivity index (χ1n) is 9.42. The Bertz CT molecular complexity index is 889. The van der Waals surface area contributed by atoms with Crippen LogP contribution in [0.1, 0.15) is 34.6 Å². The molecule has 0 radical (unpaired) electrons. The molecule has 0 atom stereocenters. The molecule has 1 saturated heterocycles. The number of amides is 2. The topological polar surface area (TPSA) is 78.5 Å². The number of nitrogens with one attached hydrogen (secondary N) is 1. The number of carbonyl (C=O) groups is 2. The Morgan fingerprint density at radius 2 is 2.07 bits per heavy atom. The average Bonchev–Trinajstić information content (AvgIpc) is 3.18. The summed E-state index contributed by atoms with van der Waals surface area (Å²) in [7, 11) is 1.51. The summed E-state index contributed by atoms with van der Waals surface area (Å²) < 4.78 is 18.6. The third-order valence-electron chi connectivity index (χ3n) is 5.78. The Labute approximate surface area is 162 Å². The molecule has 0 aliphatic carbocycles. The van der Waals surface area contributed by atoms with Crippen LogP contribution in [0.5, 0.6) is 0 Å². The van der Waals surface area contributed by atoms with E-state index in [9.17, 15) is 14.0 Å². The van der Waals surface area contributed by atoms with E-state index >= 15 is 0 Å². The van der Waals surface area contributed by atoms with Gasteiger partial charge in [0, 0.05) is 44.4 Å². The minimum Gasteiger partial charge on any atom is -0.375 e. The van der Waals surface area contributed by atoms with E-state index in [-0.39, 0.29) is 18.4 Å². The van der Waals surface area contributed by atoms with Crippen molar-refractivity contribution >= 4 is 11.8 Å². The Kier molecular flexibility index (Phi) is 4.89. The lowest BCUT2D eigenvalue weighted by Gasteiger charge is -2.50. The number of benzene rings is 1. The molecule has 0 saturated carbocycles. The molecule has 3 heterocycles. The normalized spacial score (nSPS) is 18.2. The lowest BCUT2D eigenvalue weighted by atomic mass is 9.78. The summed E-state index contributed by atoms with van der Waals surface area (Å²) in [6.07, 6.45) is 3.56. The molecule has 1 aromatic carbocycles. The van der Waals surface area contributed by atoms with Crippen LogP contribution in [0, 0.1) is 5.82 Å². The quantitative estimate of drug-likeness (QED) is 0.871. The Balaban J connectivity index is 1.58. The van der Waals surface area contributed by atoms with Crippen molar-refractivity contribution < 1.29 is 18.7 Å². The molecule has 1 spiro atoms. The minimum atomic E-state index is -0.540. The number of ether oxygens (including phenoxy) is 1. The Morgan fingerprint density at radius 1 is 1.29 bits per heavy atom. The van der Waals surface area contributed by atoms with Crippen LogP contribution in [-0.2, 0) is 21.5 Å². The zero-order valence-corrected chi connectivity index (χ0v) is 15.8. The SMILES string of the molecule is COCC(=O)N1CCc2[nH]cnc2C12CCN(C(=O)c1cccc(F)c1)CC2. The lowest BCUT2D eigenvalue weighted by Crippen LogP contribution is -2.59. The van der Waals surface area contributed by atoms with Crippen LogP contribution in [0.2, 0.25) is 0 Å². The standard InChI is InChI=1S/C20H23FN4O3/c1-28-12-17(26)25-8-5-16-18(23-13-22-16)20(25)6-9-24(10-7-20)19(27)14-3-2-4-15(21)11-14/h2-4,11,13H,5-10,12H2,1H3,(H,22,23). The van der Waals surface area contributed by atoms with Gasteiger partial charge >= 0.3 is 0 Å². The van der Waals surface area contributed by atoms with Gasteiger partial charge in [0.15, 0.2) is 0 Å². The fourth-order valence-corrected chi connectivity index (χ4v) is 4.43. The first-order valence-corrected chi connectivity index (χ1v) is 9.42. The van der Waals surface area contributed by atoms with Gasteiger partial charge < -0.3 is 19.5 Å². The molecule has 2 amide bonds. The van der Waals surface area contributed by atoms with Crippen molar-refractivity contribution in [2.75, 3.05) is 33.4 Å². The number of aromatic amines is 1. The van der Waals surface area contributed by atoms with Crippen molar-refractivity contribution in [3.05, 3.63) is 53.4 Å². The molecule has 1 fully saturated rings. The van der Waals surface area contributed by atoms with Crippen LogP contribution in [0.4, 0.5) is 4.39 Å². The summed E-state index contributed by atoms with van der Waals surface area (Å²) in [6, 6.07) is 5.74. The van der Waals surface area contributed by atoms with Gasteiger partial charge in [0.1, 0.15) is 12.4 Å². The molecule has 0 bridgehead atoms. The van der Waals surface area contributed by atoms with E-state index in [0.717, 1.165) is 17.8 Å². The molecule has 2 aliphatic heterocycles. The first-order chi connectivity index (χ1) is 13.5. The smallest absolute Gasteiger partial charge is 0.253 e. The predicted molar refractivity (Wildman–Crippen MR) is 99.1 cm³/mol. The molecule has 2 aliphatic rings. The van der Waals surface area contributed by atoms with E-state index in [4.69, 9.17) is 4.74 Å². The van der Waals surface area contributed by atoms with Gasteiger partial charge in [-0.1, -0.05) is 6.07 Å². The predicted octanol–water partition coefficient (Wildman–Crippen LogP) is 1.71. The number of methoxy groups -OCH3 is 1. The number of halogens is 1. The average molecular weight is 386 g/mol. The van der Waals surface area contributed by atoms with E-state index in [1.165, 1.54) is 25.3 Å². The monoisotopic (exact) mass is 386 g/mol. The van der Waals surface area contributed by atoms with Crippen molar-refractivity contribution in [2.24, 2.45) is 0 Å². The largest absolute Gasteiger partial charge is 0.375 e. The number of imidazole rings is 1. The maximum absolute atomic E-state index is 13.5. The lowest BCUT2D eigenvalue weighted by molar-refractivity contribution is -0.145. The molecule has 148 valence electrons. The van der Waals surface area contributed by atoms with Crippen molar-refractivity contribution in [3.8, 4) is 0 Å². The second-order valence-corrected chi connectivity index (χ2v) is 7.29. The summed E-state index contributed by atoms with van der Waals surface area (Å²) >= 11 is 0. The van der Waals surface area contributed by atoms with Crippen LogP contribution in [0.25, 0.3) is 0 Å². The number of hydrogen-bond donors (Lipinski definition) is 1. The summed E-state index contributed by atoms with van der Waals surface area (Å²) in [6.45, 7) is 1.56. The number of aromatic nitrogens is 2. The van der Waals surface area contributed by atoms with Gasteiger partial charge in [0.25, 0.3) is 5.91 Å². The van der Waals surface area contributed by atoms with E-state index in [1.807, 2.05) is 4.90 Å². The van der Waals surface area contributed by atoms with Gasteiger partial charge in [0.2, 0.25) is 5.91 Å². The number of H-pyrrole nitrogens is 1. The van der Waals surface area contributed by atoms with Gasteiger partial charge in [-0.15, -0.1) is 0 Å². The number of piperidine rings is 1. The maximum atomic E-state index is 13.5. The first kappa shape index (κ1) is 18.6. The second-order valence-electron chi connectivity index (χ2n) is 7.29. The number of fused-ring (bicyclic) bond motifs is 2. The molecule has 28 heavy (non-hydrogen) atoms. The number of carbonyl (C=O) groups excluding carboxylic acids is 2. The highest BCUT2D eigenvalue weighted by Crippen LogP contribution is 2.42. The van der Waals surface area contributed by atoms with Crippen LogP contribution < -0.4 is 0 Å². The highest BCUT2D eigenvalue weighted by molar-refractivity contribution is 5.94. The highest BCUT2D eigenvalue weighted by atomic mass is 19.1. The van der Waals surface area contributed by atoms with Gasteiger partial charge in [-0.3, -0.25) is 9.59 Å². The van der Waals surface area contributed by atoms with Crippen LogP contribution in [-0.4, -0.2) is 64.9 Å². The van der Waals surface area contributed by atoms with E-state index in [0.29, 0.717) is 38.0 Å². The van der Waals surface area contributed by atoms with Crippen LogP contribution in [0.15, 0.2) is 30.6 Å². The third kappa shape index (κ3) is 3.07. The minimum absolute atomic E-state index is 0.0213. The van der Waals surface area contributed by atoms with Crippen molar-refractivity contribution in [1.29, 1.82) is 0 Å². The zero-order valence-electron chi connectivity index (χ0n) is 15.8. The molecule has 2 aromatic rings. The molecular formula is C20H23FN4O3. The summed E-state index contributed by atoms with van der Waals surface area (Å²) in [5, 5.41) is 0. The van der Waals surface area contributed by atoms with Gasteiger partial charge in [-0.25, -0.2) is 9.37 Å². The molecule has 0 unspecified atom stereocenters. The van der Waals surface area contributed by atoms with Crippen molar-refractivity contribution in [3.63, 3.8) is 0 Å². The van der Waals surface area contributed by atoms with Gasteiger partial charge in [0.05, 0.1) is 17.6 Å². The molecular weight excluding hydrogens is 363 g/mol. The molecule has 8 heteroatoms. The number of hydrogen-bond acceptors (Lipinski definition) is 4. The van der Waals surface area contributed by atoms with Crippen LogP contribution >= 0.6 is 0 Å².